The van der Waals surface area contributed by atoms with Crippen molar-refractivity contribution in [1.29, 1.82) is 0 Å². The van der Waals surface area contributed by atoms with Crippen LogP contribution in [0.25, 0.3) is 0 Å². The van der Waals surface area contributed by atoms with Crippen LogP contribution in [0.15, 0.2) is 59.5 Å². The van der Waals surface area contributed by atoms with Gasteiger partial charge in [0.15, 0.2) is 5.78 Å². The number of aliphatic hydroxyl groups is 1. The molecule has 3 unspecified atom stereocenters. The number of carbonyl (C=O) groups is 1. The van der Waals surface area contributed by atoms with Crippen LogP contribution in [0.5, 0.6) is 0 Å². The minimum Gasteiger partial charge on any atom is -0.392 e. The largest absolute Gasteiger partial charge is 0.392 e. The van der Waals surface area contributed by atoms with E-state index < -0.39 is 6.10 Å². The molecule has 0 radical (unpaired) electrons. The van der Waals surface area contributed by atoms with Crippen LogP contribution in [0.3, 0.4) is 0 Å². The molecule has 3 heteroatoms. The second-order valence-electron chi connectivity index (χ2n) is 6.07. The Labute approximate surface area is 143 Å². The van der Waals surface area contributed by atoms with E-state index in [1.54, 1.807) is 11.8 Å². The van der Waals surface area contributed by atoms with Crippen LogP contribution >= 0.6 is 11.8 Å². The van der Waals surface area contributed by atoms with Gasteiger partial charge in [-0.15, -0.1) is 11.8 Å². The number of ketones is 1. The molecule has 2 rings (SSSR count). The highest BCUT2D eigenvalue weighted by Gasteiger charge is 2.39. The van der Waals surface area contributed by atoms with Gasteiger partial charge in [0.2, 0.25) is 0 Å². The standard InChI is InChI=1S/C20H26O2S/c1-3-4-5-6-10-13-19(23-16-11-8-7-9-12-16)20-15(2)17(21)14-18(20)22/h7-13,18-20,22H,2-6,14H2,1H3/b13-10+. The Morgan fingerprint density at radius 2 is 2.09 bits per heavy atom. The van der Waals surface area contributed by atoms with Crippen LogP contribution < -0.4 is 0 Å². The molecule has 0 aliphatic heterocycles. The number of aliphatic hydroxyl groups excluding tert-OH is 1. The van der Waals surface area contributed by atoms with Crippen molar-refractivity contribution < 1.29 is 9.90 Å². The normalized spacial score (nSPS) is 22.9. The fourth-order valence-corrected chi connectivity index (χ4v) is 4.22. The monoisotopic (exact) mass is 330 g/mol. The Morgan fingerprint density at radius 1 is 1.35 bits per heavy atom. The average Bonchev–Trinajstić information content (AvgIpc) is 2.80. The predicted octanol–water partition coefficient (Wildman–Crippen LogP) is 4.79. The van der Waals surface area contributed by atoms with E-state index in [1.165, 1.54) is 19.3 Å². The summed E-state index contributed by atoms with van der Waals surface area (Å²) < 4.78 is 0. The molecule has 0 amide bonds. The van der Waals surface area contributed by atoms with Crippen molar-refractivity contribution in [3.63, 3.8) is 0 Å². The molecule has 0 bridgehead atoms. The van der Waals surface area contributed by atoms with Gasteiger partial charge in [0, 0.05) is 22.5 Å². The molecule has 124 valence electrons. The molecule has 2 nitrogen and oxygen atoms in total. The Hall–Kier alpha value is -1.32. The molecule has 0 heterocycles. The van der Waals surface area contributed by atoms with Crippen molar-refractivity contribution in [2.45, 2.75) is 55.3 Å². The van der Waals surface area contributed by atoms with Gasteiger partial charge in [0.05, 0.1) is 6.10 Å². The summed E-state index contributed by atoms with van der Waals surface area (Å²) in [6, 6.07) is 10.1. The summed E-state index contributed by atoms with van der Waals surface area (Å²) in [6.45, 7) is 6.13. The lowest BCUT2D eigenvalue weighted by molar-refractivity contribution is -0.115. The summed E-state index contributed by atoms with van der Waals surface area (Å²) in [5.41, 5.74) is 0.573. The second kappa shape index (κ2) is 9.09. The maximum atomic E-state index is 11.9. The van der Waals surface area contributed by atoms with Crippen molar-refractivity contribution in [1.82, 2.24) is 0 Å². The highest BCUT2D eigenvalue weighted by molar-refractivity contribution is 8.00. The fourth-order valence-electron chi connectivity index (χ4n) is 2.91. The minimum absolute atomic E-state index is 0.000504. The highest BCUT2D eigenvalue weighted by atomic mass is 32.2. The van der Waals surface area contributed by atoms with Crippen LogP contribution in [0, 0.1) is 5.92 Å². The number of rotatable bonds is 8. The van der Waals surface area contributed by atoms with Gasteiger partial charge in [-0.1, -0.05) is 56.7 Å². The SMILES string of the molecule is C=C1C(=O)CC(O)C1C(/C=C/CCCCC)Sc1ccccc1. The third kappa shape index (κ3) is 5.08. The van der Waals surface area contributed by atoms with E-state index in [-0.39, 0.29) is 23.4 Å². The van der Waals surface area contributed by atoms with Gasteiger partial charge in [-0.2, -0.15) is 0 Å². The number of Topliss-reactive ketones (excluding diaryl/α,β-unsaturated/α-hetero) is 1. The van der Waals surface area contributed by atoms with E-state index in [1.807, 2.05) is 18.2 Å². The summed E-state index contributed by atoms with van der Waals surface area (Å²) in [7, 11) is 0. The lowest BCUT2D eigenvalue weighted by Crippen LogP contribution is -2.24. The van der Waals surface area contributed by atoms with Crippen molar-refractivity contribution in [3.8, 4) is 0 Å². The van der Waals surface area contributed by atoms with Crippen LogP contribution in [0.1, 0.15) is 39.0 Å². The van der Waals surface area contributed by atoms with Crippen LogP contribution in [-0.4, -0.2) is 22.2 Å². The third-order valence-electron chi connectivity index (χ3n) is 4.24. The van der Waals surface area contributed by atoms with Crippen LogP contribution in [0.2, 0.25) is 0 Å². The first-order chi connectivity index (χ1) is 11.1. The van der Waals surface area contributed by atoms with Crippen molar-refractivity contribution in [2.24, 2.45) is 5.92 Å². The molecule has 1 saturated carbocycles. The Morgan fingerprint density at radius 3 is 2.70 bits per heavy atom. The number of hydrogen-bond acceptors (Lipinski definition) is 3. The smallest absolute Gasteiger partial charge is 0.161 e. The Kier molecular flexibility index (Phi) is 7.13. The highest BCUT2D eigenvalue weighted by Crippen LogP contribution is 2.39. The number of unbranched alkanes of at least 4 members (excludes halogenated alkanes) is 3. The number of benzene rings is 1. The summed E-state index contributed by atoms with van der Waals surface area (Å²) in [4.78, 5) is 13.0. The van der Waals surface area contributed by atoms with Gasteiger partial charge in [-0.05, 0) is 30.5 Å². The summed E-state index contributed by atoms with van der Waals surface area (Å²) in [5.74, 6) is -0.185. The molecule has 1 N–H and O–H groups in total. The van der Waals surface area contributed by atoms with E-state index in [4.69, 9.17) is 0 Å². The number of thioether (sulfide) groups is 1. The van der Waals surface area contributed by atoms with Crippen molar-refractivity contribution in [2.75, 3.05) is 0 Å². The number of allylic oxidation sites excluding steroid dienone is 1. The molecule has 1 aromatic rings. The zero-order valence-electron chi connectivity index (χ0n) is 13.8. The molecule has 0 aromatic heterocycles. The molecule has 1 aromatic carbocycles. The quantitative estimate of drug-likeness (QED) is 0.322. The molecule has 1 fully saturated rings. The van der Waals surface area contributed by atoms with Crippen LogP contribution in [-0.2, 0) is 4.79 Å². The molecule has 0 spiro atoms. The average molecular weight is 330 g/mol. The van der Waals surface area contributed by atoms with Gasteiger partial charge in [0.25, 0.3) is 0 Å². The molecule has 23 heavy (non-hydrogen) atoms. The van der Waals surface area contributed by atoms with Gasteiger partial charge in [-0.25, -0.2) is 0 Å². The van der Waals surface area contributed by atoms with E-state index in [0.29, 0.717) is 5.57 Å². The third-order valence-corrected chi connectivity index (χ3v) is 5.51. The van der Waals surface area contributed by atoms with Crippen molar-refractivity contribution >= 4 is 17.5 Å². The maximum Gasteiger partial charge on any atom is 0.161 e. The lowest BCUT2D eigenvalue weighted by Gasteiger charge is -2.23. The summed E-state index contributed by atoms with van der Waals surface area (Å²) in [5, 5.41) is 10.3. The first-order valence-corrected chi connectivity index (χ1v) is 9.30. The second-order valence-corrected chi connectivity index (χ2v) is 7.32. The lowest BCUT2D eigenvalue weighted by atomic mass is 9.97. The molecule has 0 saturated heterocycles. The maximum absolute atomic E-state index is 11.9. The number of carbonyl (C=O) groups excluding carboxylic acids is 1. The van der Waals surface area contributed by atoms with Gasteiger partial charge in [0.1, 0.15) is 0 Å². The molecular formula is C20H26O2S. The molecule has 3 atom stereocenters. The molecule has 1 aliphatic rings. The van der Waals surface area contributed by atoms with Crippen molar-refractivity contribution in [3.05, 3.63) is 54.6 Å². The summed E-state index contributed by atoms with van der Waals surface area (Å²) in [6.07, 6.45) is 8.62. The van der Waals surface area contributed by atoms with E-state index in [2.05, 4.69) is 37.8 Å². The van der Waals surface area contributed by atoms with Gasteiger partial charge >= 0.3 is 0 Å². The van der Waals surface area contributed by atoms with E-state index >= 15 is 0 Å². The minimum atomic E-state index is -0.614. The Bertz CT molecular complexity index is 550. The first kappa shape index (κ1) is 18.0. The first-order valence-electron chi connectivity index (χ1n) is 8.42. The van der Waals surface area contributed by atoms with Gasteiger partial charge < -0.3 is 5.11 Å². The zero-order chi connectivity index (χ0) is 16.7. The predicted molar refractivity (Wildman–Crippen MR) is 97.6 cm³/mol. The topological polar surface area (TPSA) is 37.3 Å². The fraction of sp³-hybridized carbons (Fsp3) is 0.450. The van der Waals surface area contributed by atoms with Gasteiger partial charge in [-0.3, -0.25) is 4.79 Å². The Balaban J connectivity index is 2.10. The molecule has 1 aliphatic carbocycles. The summed E-state index contributed by atoms with van der Waals surface area (Å²) >= 11 is 1.70. The van der Waals surface area contributed by atoms with E-state index in [9.17, 15) is 9.90 Å². The molecular weight excluding hydrogens is 304 g/mol. The number of hydrogen-bond donors (Lipinski definition) is 1. The zero-order valence-corrected chi connectivity index (χ0v) is 14.6. The van der Waals surface area contributed by atoms with E-state index in [0.717, 1.165) is 11.3 Å². The van der Waals surface area contributed by atoms with Crippen LogP contribution in [0.4, 0.5) is 0 Å².